The number of hydrogen-bond donors (Lipinski definition) is 2. The van der Waals surface area contributed by atoms with Crippen molar-refractivity contribution in [3.63, 3.8) is 0 Å². The van der Waals surface area contributed by atoms with Crippen molar-refractivity contribution in [3.8, 4) is 0 Å². The van der Waals surface area contributed by atoms with Crippen molar-refractivity contribution in [2.75, 3.05) is 13.1 Å². The van der Waals surface area contributed by atoms with Crippen LogP contribution in [0.4, 0.5) is 0 Å². The van der Waals surface area contributed by atoms with Crippen molar-refractivity contribution < 1.29 is 9.90 Å². The minimum absolute atomic E-state index is 0.0621. The van der Waals surface area contributed by atoms with Crippen LogP contribution in [-0.4, -0.2) is 49.1 Å². The van der Waals surface area contributed by atoms with Crippen LogP contribution in [0.25, 0.3) is 11.0 Å². The minimum atomic E-state index is -0.727. The molecule has 8 heteroatoms. The number of likely N-dealkylation sites (tertiary alicyclic amines) is 1. The van der Waals surface area contributed by atoms with Crippen LogP contribution in [0.1, 0.15) is 48.7 Å². The first kappa shape index (κ1) is 18.9. The molecule has 3 atom stereocenters. The number of carbonyl (C=O) groups excluding carboxylic acids is 1. The van der Waals surface area contributed by atoms with E-state index in [2.05, 4.69) is 9.97 Å². The number of aryl methyl sites for hydroxylation is 2. The molecule has 0 aromatic carbocycles. The van der Waals surface area contributed by atoms with Gasteiger partial charge in [-0.05, 0) is 38.2 Å². The predicted octanol–water partition coefficient (Wildman–Crippen LogP) is 0.943. The molecule has 28 heavy (non-hydrogen) atoms. The Morgan fingerprint density at radius 1 is 1.39 bits per heavy atom. The number of carbonyl (C=O) groups is 1. The maximum Gasteiger partial charge on any atom is 0.329 e. The zero-order chi connectivity index (χ0) is 20.2. The Morgan fingerprint density at radius 2 is 2.14 bits per heavy atom. The Labute approximate surface area is 162 Å². The second-order valence-corrected chi connectivity index (χ2v) is 8.25. The van der Waals surface area contributed by atoms with Gasteiger partial charge in [0.25, 0.3) is 11.5 Å². The quantitative estimate of drug-likeness (QED) is 0.799. The smallest absolute Gasteiger partial charge is 0.329 e. The number of aromatic amines is 1. The number of aliphatic hydroxyl groups is 1. The average Bonchev–Trinajstić information content (AvgIpc) is 3.11. The maximum absolute atomic E-state index is 13.4. The number of aromatic nitrogens is 3. The number of hydrogen-bond acceptors (Lipinski definition) is 5. The highest BCUT2D eigenvalue weighted by molar-refractivity contribution is 6.05. The third kappa shape index (κ3) is 2.78. The largest absolute Gasteiger partial charge is 0.390 e. The van der Waals surface area contributed by atoms with Crippen LogP contribution in [0.2, 0.25) is 0 Å². The van der Waals surface area contributed by atoms with Crippen LogP contribution in [0.15, 0.2) is 15.7 Å². The van der Waals surface area contributed by atoms with E-state index >= 15 is 0 Å². The molecular weight excluding hydrogens is 360 g/mol. The summed E-state index contributed by atoms with van der Waals surface area (Å²) in [5, 5.41) is 11.1. The van der Waals surface area contributed by atoms with Crippen LogP contribution < -0.4 is 11.2 Å². The summed E-state index contributed by atoms with van der Waals surface area (Å²) in [6.07, 6.45) is 3.41. The van der Waals surface area contributed by atoms with Crippen molar-refractivity contribution >= 4 is 16.9 Å². The third-order valence-electron chi connectivity index (χ3n) is 6.64. The van der Waals surface area contributed by atoms with Gasteiger partial charge < -0.3 is 10.0 Å². The highest BCUT2D eigenvalue weighted by Gasteiger charge is 2.48. The molecule has 2 N–H and O–H groups in total. The van der Waals surface area contributed by atoms with Crippen LogP contribution >= 0.6 is 0 Å². The molecule has 4 rings (SSSR count). The molecule has 1 amide bonds. The van der Waals surface area contributed by atoms with Gasteiger partial charge in [-0.2, -0.15) is 0 Å². The van der Waals surface area contributed by atoms with Gasteiger partial charge in [0, 0.05) is 31.7 Å². The van der Waals surface area contributed by atoms with Gasteiger partial charge in [0.15, 0.2) is 0 Å². The molecule has 1 saturated heterocycles. The van der Waals surface area contributed by atoms with E-state index in [-0.39, 0.29) is 34.3 Å². The molecular formula is C20H26N4O4. The van der Waals surface area contributed by atoms with E-state index < -0.39 is 16.9 Å². The molecule has 3 heterocycles. The van der Waals surface area contributed by atoms with Gasteiger partial charge in [-0.15, -0.1) is 0 Å². The summed E-state index contributed by atoms with van der Waals surface area (Å²) in [5.74, 6) is 0.0963. The molecule has 150 valence electrons. The van der Waals surface area contributed by atoms with Crippen molar-refractivity contribution in [2.24, 2.45) is 18.9 Å². The summed E-state index contributed by atoms with van der Waals surface area (Å²) < 4.78 is 1.25. The summed E-state index contributed by atoms with van der Waals surface area (Å²) in [4.78, 5) is 46.1. The van der Waals surface area contributed by atoms with Crippen molar-refractivity contribution in [3.05, 3.63) is 38.2 Å². The van der Waals surface area contributed by atoms with Gasteiger partial charge in [-0.3, -0.25) is 19.1 Å². The number of pyridine rings is 1. The normalized spacial score (nSPS) is 27.2. The molecule has 0 radical (unpaired) electrons. The van der Waals surface area contributed by atoms with Crippen LogP contribution in [0, 0.1) is 18.8 Å². The number of fused-ring (bicyclic) bond motifs is 2. The Morgan fingerprint density at radius 3 is 2.86 bits per heavy atom. The van der Waals surface area contributed by atoms with E-state index in [1.54, 1.807) is 17.9 Å². The molecule has 0 bridgehead atoms. The van der Waals surface area contributed by atoms with E-state index in [0.29, 0.717) is 25.2 Å². The van der Waals surface area contributed by atoms with E-state index in [0.717, 1.165) is 19.3 Å². The summed E-state index contributed by atoms with van der Waals surface area (Å²) in [6, 6.07) is 1.61. The molecule has 8 nitrogen and oxygen atoms in total. The molecule has 1 saturated carbocycles. The molecule has 1 aliphatic carbocycles. The SMILES string of the molecule is CC[C@]1(O)CCC[C@H]2CN(C(=O)c3cc(C)nc4c3c(=O)[nH]c(=O)n4C)C[C@H]21. The van der Waals surface area contributed by atoms with Gasteiger partial charge in [0.1, 0.15) is 5.65 Å². The van der Waals surface area contributed by atoms with Crippen LogP contribution in [0.5, 0.6) is 0 Å². The number of amides is 1. The third-order valence-corrected chi connectivity index (χ3v) is 6.64. The first-order valence-corrected chi connectivity index (χ1v) is 9.87. The fraction of sp³-hybridized carbons (Fsp3) is 0.600. The summed E-state index contributed by atoms with van der Waals surface area (Å²) in [6.45, 7) is 4.80. The van der Waals surface area contributed by atoms with Gasteiger partial charge in [-0.1, -0.05) is 13.3 Å². The summed E-state index contributed by atoms with van der Waals surface area (Å²) in [7, 11) is 1.52. The fourth-order valence-corrected chi connectivity index (χ4v) is 5.04. The van der Waals surface area contributed by atoms with E-state index in [1.165, 1.54) is 11.6 Å². The zero-order valence-corrected chi connectivity index (χ0v) is 16.5. The predicted molar refractivity (Wildman–Crippen MR) is 104 cm³/mol. The van der Waals surface area contributed by atoms with Crippen molar-refractivity contribution in [2.45, 2.75) is 45.1 Å². The number of rotatable bonds is 2. The number of nitrogens with zero attached hydrogens (tertiary/aromatic N) is 3. The maximum atomic E-state index is 13.4. The minimum Gasteiger partial charge on any atom is -0.390 e. The van der Waals surface area contributed by atoms with E-state index in [9.17, 15) is 19.5 Å². The Hall–Kier alpha value is -2.48. The van der Waals surface area contributed by atoms with Crippen LogP contribution in [-0.2, 0) is 7.05 Å². The molecule has 2 aromatic heterocycles. The lowest BCUT2D eigenvalue weighted by atomic mass is 9.69. The summed E-state index contributed by atoms with van der Waals surface area (Å²) in [5.41, 5.74) is -0.852. The van der Waals surface area contributed by atoms with E-state index in [4.69, 9.17) is 0 Å². The van der Waals surface area contributed by atoms with Gasteiger partial charge in [-0.25, -0.2) is 9.78 Å². The van der Waals surface area contributed by atoms with Gasteiger partial charge in [0.2, 0.25) is 0 Å². The molecule has 2 fully saturated rings. The standard InChI is InChI=1S/C20H26N4O4/c1-4-20(28)7-5-6-12-9-24(10-14(12)20)18(26)13-8-11(2)21-16-15(13)17(25)22-19(27)23(16)3/h8,12,14,28H,4-7,9-10H2,1-3H3,(H,22,25,27)/t12-,14+,20-/m0/s1. The lowest BCUT2D eigenvalue weighted by molar-refractivity contribution is -0.0609. The average molecular weight is 386 g/mol. The topological polar surface area (TPSA) is 108 Å². The van der Waals surface area contributed by atoms with E-state index in [1.807, 2.05) is 6.92 Å². The second-order valence-electron chi connectivity index (χ2n) is 8.25. The fourth-order valence-electron chi connectivity index (χ4n) is 5.04. The monoisotopic (exact) mass is 386 g/mol. The first-order valence-electron chi connectivity index (χ1n) is 9.87. The molecule has 2 aromatic rings. The molecule has 0 unspecified atom stereocenters. The lowest BCUT2D eigenvalue weighted by Crippen LogP contribution is -2.44. The second kappa shape index (κ2) is 6.55. The van der Waals surface area contributed by atoms with Gasteiger partial charge >= 0.3 is 5.69 Å². The Bertz CT molecular complexity index is 1070. The molecule has 1 aliphatic heterocycles. The van der Waals surface area contributed by atoms with Crippen molar-refractivity contribution in [1.29, 1.82) is 0 Å². The highest BCUT2D eigenvalue weighted by Crippen LogP contribution is 2.44. The number of nitrogens with one attached hydrogen (secondary N) is 1. The van der Waals surface area contributed by atoms with Crippen LogP contribution in [0.3, 0.4) is 0 Å². The Kier molecular flexibility index (Phi) is 4.41. The molecule has 0 spiro atoms. The van der Waals surface area contributed by atoms with Gasteiger partial charge in [0.05, 0.1) is 16.6 Å². The highest BCUT2D eigenvalue weighted by atomic mass is 16.3. The Balaban J connectivity index is 1.78. The summed E-state index contributed by atoms with van der Waals surface area (Å²) >= 11 is 0. The number of H-pyrrole nitrogens is 1. The zero-order valence-electron chi connectivity index (χ0n) is 16.5. The lowest BCUT2D eigenvalue weighted by Gasteiger charge is -2.40. The first-order chi connectivity index (χ1) is 13.2. The van der Waals surface area contributed by atoms with Crippen molar-refractivity contribution in [1.82, 2.24) is 19.4 Å². The molecule has 2 aliphatic rings.